The standard InChI is InChI=1S/C17H20Cl2N2O3/c18-11-3-4-13(14(19)10-11)16(22)20-12-5-7-21(8-6-12)17(23)15-2-1-9-24-15/h3-4,10,12,15H,1-2,5-9H2,(H,20,22). The Hall–Kier alpha value is -1.30. The van der Waals surface area contributed by atoms with E-state index in [1.54, 1.807) is 18.2 Å². The van der Waals surface area contributed by atoms with Crippen LogP contribution >= 0.6 is 23.2 Å². The Balaban J connectivity index is 1.51. The Labute approximate surface area is 151 Å². The summed E-state index contributed by atoms with van der Waals surface area (Å²) in [5.74, 6) is -0.126. The SMILES string of the molecule is O=C(NC1CCN(C(=O)C2CCCO2)CC1)c1ccc(Cl)cc1Cl. The molecule has 3 rings (SSSR count). The molecule has 2 saturated heterocycles. The van der Waals surface area contributed by atoms with Gasteiger partial charge in [0.1, 0.15) is 6.10 Å². The molecule has 0 radical (unpaired) electrons. The van der Waals surface area contributed by atoms with Crippen molar-refractivity contribution in [3.63, 3.8) is 0 Å². The summed E-state index contributed by atoms with van der Waals surface area (Å²) in [6.45, 7) is 1.95. The molecule has 2 amide bonds. The lowest BCUT2D eigenvalue weighted by Crippen LogP contribution is -2.49. The number of nitrogens with zero attached hydrogens (tertiary/aromatic N) is 1. The van der Waals surface area contributed by atoms with Crippen molar-refractivity contribution in [2.75, 3.05) is 19.7 Å². The molecule has 1 atom stereocenters. The molecule has 0 aromatic heterocycles. The van der Waals surface area contributed by atoms with Gasteiger partial charge in [0.25, 0.3) is 11.8 Å². The summed E-state index contributed by atoms with van der Waals surface area (Å²) in [6.07, 6.45) is 2.95. The Morgan fingerprint density at radius 1 is 1.17 bits per heavy atom. The molecule has 2 aliphatic rings. The van der Waals surface area contributed by atoms with Crippen LogP contribution < -0.4 is 5.32 Å². The number of likely N-dealkylation sites (tertiary alicyclic amines) is 1. The molecule has 5 nitrogen and oxygen atoms in total. The van der Waals surface area contributed by atoms with Crippen molar-refractivity contribution >= 4 is 35.0 Å². The van der Waals surface area contributed by atoms with Crippen LogP contribution in [0.5, 0.6) is 0 Å². The number of carbonyl (C=O) groups excluding carboxylic acids is 2. The molecule has 2 heterocycles. The molecule has 7 heteroatoms. The molecule has 1 aromatic rings. The van der Waals surface area contributed by atoms with Crippen LogP contribution in [0.1, 0.15) is 36.0 Å². The minimum Gasteiger partial charge on any atom is -0.368 e. The maximum absolute atomic E-state index is 12.3. The zero-order chi connectivity index (χ0) is 17.1. The molecule has 0 bridgehead atoms. The van der Waals surface area contributed by atoms with Crippen molar-refractivity contribution in [2.45, 2.75) is 37.8 Å². The molecule has 24 heavy (non-hydrogen) atoms. The van der Waals surface area contributed by atoms with Crippen molar-refractivity contribution in [3.8, 4) is 0 Å². The van der Waals surface area contributed by atoms with E-state index in [9.17, 15) is 9.59 Å². The molecular formula is C17H20Cl2N2O3. The second kappa shape index (κ2) is 7.72. The zero-order valence-electron chi connectivity index (χ0n) is 13.3. The number of piperidine rings is 1. The molecule has 0 saturated carbocycles. The topological polar surface area (TPSA) is 58.6 Å². The molecule has 2 aliphatic heterocycles. The van der Waals surface area contributed by atoms with Crippen molar-refractivity contribution in [1.82, 2.24) is 10.2 Å². The molecule has 1 unspecified atom stereocenters. The summed E-state index contributed by atoms with van der Waals surface area (Å²) >= 11 is 11.9. The van der Waals surface area contributed by atoms with Gasteiger partial charge in [-0.1, -0.05) is 23.2 Å². The van der Waals surface area contributed by atoms with Crippen molar-refractivity contribution in [3.05, 3.63) is 33.8 Å². The van der Waals surface area contributed by atoms with Gasteiger partial charge in [-0.25, -0.2) is 0 Å². The Bertz CT molecular complexity index is 624. The van der Waals surface area contributed by atoms with E-state index in [1.807, 2.05) is 4.90 Å². The van der Waals surface area contributed by atoms with E-state index >= 15 is 0 Å². The highest BCUT2D eigenvalue weighted by atomic mass is 35.5. The first-order valence-electron chi connectivity index (χ1n) is 8.21. The highest BCUT2D eigenvalue weighted by molar-refractivity contribution is 6.36. The van der Waals surface area contributed by atoms with Gasteiger partial charge in [-0.15, -0.1) is 0 Å². The molecule has 0 spiro atoms. The Morgan fingerprint density at radius 3 is 2.54 bits per heavy atom. The lowest BCUT2D eigenvalue weighted by molar-refractivity contribution is -0.142. The number of halogens is 2. The van der Waals surface area contributed by atoms with Gasteiger partial charge in [-0.2, -0.15) is 0 Å². The van der Waals surface area contributed by atoms with Gasteiger partial charge in [0, 0.05) is 30.8 Å². The number of ether oxygens (including phenoxy) is 1. The zero-order valence-corrected chi connectivity index (χ0v) is 14.8. The van der Waals surface area contributed by atoms with E-state index < -0.39 is 0 Å². The van der Waals surface area contributed by atoms with E-state index in [0.29, 0.717) is 35.3 Å². The first-order chi connectivity index (χ1) is 11.5. The molecule has 0 aliphatic carbocycles. The maximum atomic E-state index is 12.3. The summed E-state index contributed by atoms with van der Waals surface area (Å²) in [5.41, 5.74) is 0.416. The quantitative estimate of drug-likeness (QED) is 0.889. The van der Waals surface area contributed by atoms with Crippen molar-refractivity contribution < 1.29 is 14.3 Å². The number of benzene rings is 1. The Kier molecular flexibility index (Phi) is 5.64. The van der Waals surface area contributed by atoms with Gasteiger partial charge in [0.2, 0.25) is 0 Å². The van der Waals surface area contributed by atoms with E-state index in [2.05, 4.69) is 5.32 Å². The summed E-state index contributed by atoms with van der Waals surface area (Å²) in [7, 11) is 0. The summed E-state index contributed by atoms with van der Waals surface area (Å²) < 4.78 is 5.45. The summed E-state index contributed by atoms with van der Waals surface area (Å²) in [5, 5.41) is 3.83. The first kappa shape index (κ1) is 17.5. The lowest BCUT2D eigenvalue weighted by atomic mass is 10.0. The van der Waals surface area contributed by atoms with Gasteiger partial charge < -0.3 is 15.0 Å². The van der Waals surface area contributed by atoms with Crippen LogP contribution in [0.15, 0.2) is 18.2 Å². The van der Waals surface area contributed by atoms with Crippen molar-refractivity contribution in [2.24, 2.45) is 0 Å². The van der Waals surface area contributed by atoms with E-state index in [-0.39, 0.29) is 24.0 Å². The predicted octanol–water partition coefficient (Wildman–Crippen LogP) is 2.89. The largest absolute Gasteiger partial charge is 0.368 e. The normalized spacial score (nSPS) is 21.8. The van der Waals surface area contributed by atoms with E-state index in [4.69, 9.17) is 27.9 Å². The fourth-order valence-electron chi connectivity index (χ4n) is 3.16. The van der Waals surface area contributed by atoms with E-state index in [0.717, 1.165) is 25.7 Å². The molecule has 1 N–H and O–H groups in total. The summed E-state index contributed by atoms with van der Waals surface area (Å²) in [4.78, 5) is 26.5. The number of rotatable bonds is 3. The number of amides is 2. The molecule has 130 valence electrons. The molecular weight excluding hydrogens is 351 g/mol. The molecule has 1 aromatic carbocycles. The van der Waals surface area contributed by atoms with Crippen LogP contribution in [0, 0.1) is 0 Å². The first-order valence-corrected chi connectivity index (χ1v) is 8.96. The smallest absolute Gasteiger partial charge is 0.253 e. The van der Waals surface area contributed by atoms with Crippen LogP contribution in [0.25, 0.3) is 0 Å². The number of carbonyl (C=O) groups is 2. The van der Waals surface area contributed by atoms with Crippen LogP contribution in [-0.2, 0) is 9.53 Å². The average molecular weight is 371 g/mol. The third-order valence-corrected chi connectivity index (χ3v) is 5.07. The van der Waals surface area contributed by atoms with Gasteiger partial charge in [0.15, 0.2) is 0 Å². The third kappa shape index (κ3) is 4.02. The number of nitrogens with one attached hydrogen (secondary N) is 1. The highest BCUT2D eigenvalue weighted by Crippen LogP contribution is 2.22. The number of hydrogen-bond acceptors (Lipinski definition) is 3. The van der Waals surface area contributed by atoms with Crippen LogP contribution in [0.3, 0.4) is 0 Å². The summed E-state index contributed by atoms with van der Waals surface area (Å²) in [6, 6.07) is 4.86. The lowest BCUT2D eigenvalue weighted by Gasteiger charge is -2.33. The average Bonchev–Trinajstić information content (AvgIpc) is 3.09. The minimum atomic E-state index is -0.274. The van der Waals surface area contributed by atoms with E-state index in [1.165, 1.54) is 0 Å². The Morgan fingerprint density at radius 2 is 1.92 bits per heavy atom. The van der Waals surface area contributed by atoms with Crippen LogP contribution in [0.4, 0.5) is 0 Å². The molecule has 2 fully saturated rings. The predicted molar refractivity (Wildman–Crippen MR) is 92.5 cm³/mol. The second-order valence-electron chi connectivity index (χ2n) is 6.20. The van der Waals surface area contributed by atoms with Gasteiger partial charge >= 0.3 is 0 Å². The van der Waals surface area contributed by atoms with Crippen LogP contribution in [0.2, 0.25) is 10.0 Å². The monoisotopic (exact) mass is 370 g/mol. The third-order valence-electron chi connectivity index (χ3n) is 4.52. The highest BCUT2D eigenvalue weighted by Gasteiger charge is 2.31. The fourth-order valence-corrected chi connectivity index (χ4v) is 3.65. The minimum absolute atomic E-state index is 0.0396. The van der Waals surface area contributed by atoms with Gasteiger partial charge in [-0.3, -0.25) is 9.59 Å². The van der Waals surface area contributed by atoms with Gasteiger partial charge in [-0.05, 0) is 43.9 Å². The maximum Gasteiger partial charge on any atom is 0.253 e. The second-order valence-corrected chi connectivity index (χ2v) is 7.04. The van der Waals surface area contributed by atoms with Gasteiger partial charge in [0.05, 0.1) is 10.6 Å². The fraction of sp³-hybridized carbons (Fsp3) is 0.529. The number of hydrogen-bond donors (Lipinski definition) is 1. The van der Waals surface area contributed by atoms with Crippen molar-refractivity contribution in [1.29, 1.82) is 0 Å². The van der Waals surface area contributed by atoms with Crippen LogP contribution in [-0.4, -0.2) is 48.6 Å².